The Morgan fingerprint density at radius 3 is 2.28 bits per heavy atom. The average molecular weight is 269 g/mol. The summed E-state index contributed by atoms with van der Waals surface area (Å²) >= 11 is 7.26. The third-order valence-corrected chi connectivity index (χ3v) is 3.04. The Morgan fingerprint density at radius 1 is 0.833 bits per heavy atom. The maximum atomic E-state index is 5.78. The van der Waals surface area contributed by atoms with Gasteiger partial charge in [0.15, 0.2) is 0 Å². The van der Waals surface area contributed by atoms with E-state index >= 15 is 0 Å². The summed E-state index contributed by atoms with van der Waals surface area (Å²) in [4.78, 5) is 1.12. The smallest absolute Gasteiger partial charge is 0.0406 e. The lowest BCUT2D eigenvalue weighted by atomic mass is 10.2. The van der Waals surface area contributed by atoms with Gasteiger partial charge in [-0.2, -0.15) is 0 Å². The van der Waals surface area contributed by atoms with Gasteiger partial charge in [-0.05, 0) is 65.3 Å². The van der Waals surface area contributed by atoms with Crippen molar-refractivity contribution in [3.63, 3.8) is 0 Å². The summed E-state index contributed by atoms with van der Waals surface area (Å²) in [5, 5.41) is 3.66. The van der Waals surface area contributed by atoms with Crippen LogP contribution in [0.2, 0.25) is 5.02 Å². The van der Waals surface area contributed by atoms with Gasteiger partial charge in [-0.3, -0.25) is 0 Å². The predicted octanol–water partition coefficient (Wildman–Crippen LogP) is 4.44. The fourth-order valence-corrected chi connectivity index (χ4v) is 1.87. The Kier molecular flexibility index (Phi) is 4.79. The van der Waals surface area contributed by atoms with Gasteiger partial charge in [-0.1, -0.05) is 35.7 Å². The minimum absolute atomic E-state index is 0.714. The van der Waals surface area contributed by atoms with E-state index in [0.29, 0.717) is 5.02 Å². The van der Waals surface area contributed by atoms with Crippen LogP contribution < -0.4 is 0 Å². The Balaban J connectivity index is 1.95. The molecule has 0 saturated carbocycles. The number of rotatable bonds is 1. The van der Waals surface area contributed by atoms with Crippen molar-refractivity contribution in [3.8, 4) is 23.0 Å². The molecule has 0 atom stereocenters. The highest BCUT2D eigenvalue weighted by Crippen LogP contribution is 2.14. The van der Waals surface area contributed by atoms with E-state index in [0.717, 1.165) is 10.5 Å². The number of hydrogen-bond donors (Lipinski definition) is 0. The molecule has 0 saturated heterocycles. The van der Waals surface area contributed by atoms with Crippen LogP contribution in [0.5, 0.6) is 0 Å². The minimum atomic E-state index is 0.714. The Hall–Kier alpha value is -1.80. The molecule has 0 fully saturated rings. The first-order chi connectivity index (χ1) is 8.84. The molecule has 0 aromatic heterocycles. The van der Waals surface area contributed by atoms with Gasteiger partial charge >= 0.3 is 0 Å². The van der Waals surface area contributed by atoms with E-state index in [4.69, 9.17) is 11.6 Å². The molecule has 2 aromatic carbocycles. The Labute approximate surface area is 116 Å². The highest BCUT2D eigenvalue weighted by Gasteiger charge is 1.86. The second-order valence-electron chi connectivity index (χ2n) is 3.40. The molecule has 0 spiro atoms. The number of hydrogen-bond acceptors (Lipinski definition) is 1. The van der Waals surface area contributed by atoms with Gasteiger partial charge < -0.3 is 0 Å². The van der Waals surface area contributed by atoms with Crippen LogP contribution in [0.15, 0.2) is 59.5 Å². The molecule has 0 amide bonds. The van der Waals surface area contributed by atoms with Crippen LogP contribution in [0.4, 0.5) is 0 Å². The first kappa shape index (κ1) is 12.7. The van der Waals surface area contributed by atoms with E-state index < -0.39 is 0 Å². The highest BCUT2D eigenvalue weighted by molar-refractivity contribution is 8.03. The lowest BCUT2D eigenvalue weighted by Gasteiger charge is -1.89. The van der Waals surface area contributed by atoms with Gasteiger partial charge in [-0.15, -0.1) is 0 Å². The van der Waals surface area contributed by atoms with Crippen LogP contribution in [0, 0.1) is 23.0 Å². The normalized spacial score (nSPS) is 8.72. The maximum absolute atomic E-state index is 5.78. The highest BCUT2D eigenvalue weighted by atomic mass is 35.5. The van der Waals surface area contributed by atoms with Crippen molar-refractivity contribution in [1.82, 2.24) is 0 Å². The summed E-state index contributed by atoms with van der Waals surface area (Å²) in [6, 6.07) is 17.4. The van der Waals surface area contributed by atoms with Crippen LogP contribution in [0.25, 0.3) is 0 Å². The summed E-state index contributed by atoms with van der Waals surface area (Å²) in [6.45, 7) is 0. The summed E-state index contributed by atoms with van der Waals surface area (Å²) in [6.07, 6.45) is 0. The molecular formula is C16H9ClS. The molecule has 0 aliphatic heterocycles. The SMILES string of the molecule is Clc1ccc(C#CC#CSc2ccccc2)cc1. The summed E-state index contributed by atoms with van der Waals surface area (Å²) in [7, 11) is 0. The molecule has 0 heterocycles. The second-order valence-corrected chi connectivity index (χ2v) is 4.72. The van der Waals surface area contributed by atoms with Crippen molar-refractivity contribution in [3.05, 3.63) is 65.2 Å². The minimum Gasteiger partial charge on any atom is -0.0843 e. The van der Waals surface area contributed by atoms with Gasteiger partial charge in [0.1, 0.15) is 0 Å². The quantitative estimate of drug-likeness (QED) is 0.544. The number of benzene rings is 2. The molecule has 0 radical (unpaired) electrons. The zero-order chi connectivity index (χ0) is 12.6. The van der Waals surface area contributed by atoms with Crippen molar-refractivity contribution >= 4 is 23.4 Å². The predicted molar refractivity (Wildman–Crippen MR) is 78.4 cm³/mol. The third kappa shape index (κ3) is 4.22. The van der Waals surface area contributed by atoms with E-state index in [2.05, 4.69) is 23.0 Å². The van der Waals surface area contributed by atoms with Crippen LogP contribution in [0.3, 0.4) is 0 Å². The monoisotopic (exact) mass is 268 g/mol. The van der Waals surface area contributed by atoms with Gasteiger partial charge in [0.25, 0.3) is 0 Å². The standard InChI is InChI=1S/C16H9ClS/c17-15-11-9-14(10-12-15)6-4-5-13-18-16-7-2-1-3-8-16/h1-3,7-12H. The topological polar surface area (TPSA) is 0 Å². The van der Waals surface area contributed by atoms with Crippen molar-refractivity contribution in [2.45, 2.75) is 4.90 Å². The van der Waals surface area contributed by atoms with E-state index in [1.54, 1.807) is 0 Å². The van der Waals surface area contributed by atoms with Crippen molar-refractivity contribution in [2.24, 2.45) is 0 Å². The van der Waals surface area contributed by atoms with E-state index in [1.165, 1.54) is 11.8 Å². The van der Waals surface area contributed by atoms with Crippen LogP contribution >= 0.6 is 23.4 Å². The fourth-order valence-electron chi connectivity index (χ4n) is 1.24. The zero-order valence-corrected chi connectivity index (χ0v) is 11.1. The van der Waals surface area contributed by atoms with Crippen molar-refractivity contribution < 1.29 is 0 Å². The lowest BCUT2D eigenvalue weighted by molar-refractivity contribution is 1.48. The molecular weight excluding hydrogens is 260 g/mol. The van der Waals surface area contributed by atoms with Gasteiger partial charge in [0.2, 0.25) is 0 Å². The summed E-state index contributed by atoms with van der Waals surface area (Å²) in [5.74, 6) is 8.59. The van der Waals surface area contributed by atoms with E-state index in [-0.39, 0.29) is 0 Å². The van der Waals surface area contributed by atoms with Crippen LogP contribution in [0.1, 0.15) is 5.56 Å². The molecule has 86 valence electrons. The summed E-state index contributed by atoms with van der Waals surface area (Å²) in [5.41, 5.74) is 0.915. The number of thioether (sulfide) groups is 1. The Morgan fingerprint density at radius 2 is 1.56 bits per heavy atom. The van der Waals surface area contributed by atoms with Crippen molar-refractivity contribution in [2.75, 3.05) is 0 Å². The second kappa shape index (κ2) is 6.82. The lowest BCUT2D eigenvalue weighted by Crippen LogP contribution is -1.71. The number of halogens is 1. The van der Waals surface area contributed by atoms with Gasteiger partial charge in [0.05, 0.1) is 0 Å². The average Bonchev–Trinajstić information content (AvgIpc) is 2.42. The molecule has 2 heteroatoms. The van der Waals surface area contributed by atoms with Gasteiger partial charge in [0, 0.05) is 15.5 Å². The van der Waals surface area contributed by atoms with Gasteiger partial charge in [-0.25, -0.2) is 0 Å². The summed E-state index contributed by atoms with van der Waals surface area (Å²) < 4.78 is 0. The van der Waals surface area contributed by atoms with E-state index in [1.807, 2.05) is 54.6 Å². The van der Waals surface area contributed by atoms with Crippen LogP contribution in [-0.4, -0.2) is 0 Å². The van der Waals surface area contributed by atoms with Crippen LogP contribution in [-0.2, 0) is 0 Å². The molecule has 0 unspecified atom stereocenters. The molecule has 0 N–H and O–H groups in total. The molecule has 2 rings (SSSR count). The van der Waals surface area contributed by atoms with E-state index in [9.17, 15) is 0 Å². The largest absolute Gasteiger partial charge is 0.0843 e. The Bertz CT molecular complexity index is 622. The first-order valence-corrected chi connectivity index (χ1v) is 6.52. The molecule has 0 bridgehead atoms. The molecule has 18 heavy (non-hydrogen) atoms. The molecule has 2 aromatic rings. The molecule has 0 aliphatic rings. The maximum Gasteiger partial charge on any atom is 0.0406 e. The van der Waals surface area contributed by atoms with Crippen molar-refractivity contribution in [1.29, 1.82) is 0 Å². The molecule has 0 nitrogen and oxygen atoms in total. The third-order valence-electron chi connectivity index (χ3n) is 2.08. The zero-order valence-electron chi connectivity index (χ0n) is 9.48. The first-order valence-electron chi connectivity index (χ1n) is 5.33. The molecule has 0 aliphatic carbocycles. The fraction of sp³-hybridized carbons (Fsp3) is 0.